The minimum absolute atomic E-state index is 0.183. The summed E-state index contributed by atoms with van der Waals surface area (Å²) in [6.45, 7) is 1.69. The quantitative estimate of drug-likeness (QED) is 0.909. The average Bonchev–Trinajstić information content (AvgIpc) is 2.78. The van der Waals surface area contributed by atoms with E-state index in [-0.39, 0.29) is 4.90 Å². The van der Waals surface area contributed by atoms with Gasteiger partial charge in [-0.2, -0.15) is 5.10 Å². The molecule has 1 aromatic heterocycles. The van der Waals surface area contributed by atoms with Crippen LogP contribution in [0, 0.1) is 0 Å². The van der Waals surface area contributed by atoms with Crippen molar-refractivity contribution in [3.05, 3.63) is 42.2 Å². The van der Waals surface area contributed by atoms with Gasteiger partial charge >= 0.3 is 0 Å². The zero-order valence-corrected chi connectivity index (χ0v) is 10.9. The predicted molar refractivity (Wildman–Crippen MR) is 67.3 cm³/mol. The van der Waals surface area contributed by atoms with Crippen molar-refractivity contribution in [2.24, 2.45) is 0 Å². The van der Waals surface area contributed by atoms with Crippen LogP contribution in [0.4, 0.5) is 0 Å². The summed E-state index contributed by atoms with van der Waals surface area (Å²) in [5.41, 5.74) is 1.54. The first-order valence-electron chi connectivity index (χ1n) is 5.41. The van der Waals surface area contributed by atoms with Gasteiger partial charge in [0.15, 0.2) is 9.84 Å². The molecule has 0 aliphatic carbocycles. The molecule has 5 nitrogen and oxygen atoms in total. The third-order valence-electron chi connectivity index (χ3n) is 2.63. The van der Waals surface area contributed by atoms with E-state index in [1.807, 2.05) is 0 Å². The van der Waals surface area contributed by atoms with Crippen LogP contribution in [-0.2, 0) is 9.84 Å². The minimum Gasteiger partial charge on any atom is -0.389 e. The molecule has 0 bridgehead atoms. The summed E-state index contributed by atoms with van der Waals surface area (Å²) in [6, 6.07) is 7.12. The van der Waals surface area contributed by atoms with E-state index in [9.17, 15) is 13.5 Å². The molecule has 18 heavy (non-hydrogen) atoms. The van der Waals surface area contributed by atoms with E-state index in [1.165, 1.54) is 17.1 Å². The SMILES string of the molecule is C[C@@H](O)c1ccc(-n2cc(S(C)(=O)=O)cn2)cc1. The van der Waals surface area contributed by atoms with E-state index >= 15 is 0 Å². The number of aliphatic hydroxyl groups is 1. The molecule has 2 aromatic rings. The Morgan fingerprint density at radius 1 is 1.28 bits per heavy atom. The molecular formula is C12H14N2O3S. The van der Waals surface area contributed by atoms with Gasteiger partial charge < -0.3 is 5.11 Å². The number of rotatable bonds is 3. The molecule has 0 saturated heterocycles. The molecule has 0 saturated carbocycles. The van der Waals surface area contributed by atoms with Gasteiger partial charge in [-0.3, -0.25) is 0 Å². The van der Waals surface area contributed by atoms with Crippen LogP contribution >= 0.6 is 0 Å². The van der Waals surface area contributed by atoms with Crippen molar-refractivity contribution in [2.45, 2.75) is 17.9 Å². The molecule has 0 amide bonds. The lowest BCUT2D eigenvalue weighted by molar-refractivity contribution is 0.199. The Balaban J connectivity index is 2.35. The summed E-state index contributed by atoms with van der Waals surface area (Å²) in [6.07, 6.45) is 3.40. The minimum atomic E-state index is -3.23. The maximum atomic E-state index is 11.3. The Bertz CT molecular complexity index is 642. The lowest BCUT2D eigenvalue weighted by Gasteiger charge is -2.06. The molecule has 0 unspecified atom stereocenters. The summed E-state index contributed by atoms with van der Waals surface area (Å²) in [7, 11) is -3.23. The second-order valence-corrected chi connectivity index (χ2v) is 6.18. The highest BCUT2D eigenvalue weighted by atomic mass is 32.2. The van der Waals surface area contributed by atoms with Crippen LogP contribution in [0.25, 0.3) is 5.69 Å². The smallest absolute Gasteiger partial charge is 0.178 e. The van der Waals surface area contributed by atoms with Gasteiger partial charge in [-0.25, -0.2) is 13.1 Å². The zero-order chi connectivity index (χ0) is 13.3. The van der Waals surface area contributed by atoms with Crippen LogP contribution in [0.15, 0.2) is 41.6 Å². The summed E-state index contributed by atoms with van der Waals surface area (Å²) in [5, 5.41) is 13.4. The topological polar surface area (TPSA) is 72.2 Å². The van der Waals surface area contributed by atoms with Crippen LogP contribution in [-0.4, -0.2) is 29.6 Å². The van der Waals surface area contributed by atoms with Gasteiger partial charge in [-0.05, 0) is 24.6 Å². The zero-order valence-electron chi connectivity index (χ0n) is 10.1. The van der Waals surface area contributed by atoms with Gasteiger partial charge in [0.1, 0.15) is 4.90 Å². The van der Waals surface area contributed by atoms with Crippen LogP contribution in [0.1, 0.15) is 18.6 Å². The molecule has 2 rings (SSSR count). The molecule has 1 aromatic carbocycles. The van der Waals surface area contributed by atoms with E-state index < -0.39 is 15.9 Å². The highest BCUT2D eigenvalue weighted by Crippen LogP contribution is 2.16. The summed E-state index contributed by atoms with van der Waals surface area (Å²) in [5.74, 6) is 0. The molecule has 6 heteroatoms. The molecule has 0 fully saturated rings. The van der Waals surface area contributed by atoms with E-state index in [1.54, 1.807) is 31.2 Å². The number of aromatic nitrogens is 2. The first-order chi connectivity index (χ1) is 8.38. The maximum Gasteiger partial charge on any atom is 0.178 e. The Kier molecular flexibility index (Phi) is 3.23. The van der Waals surface area contributed by atoms with Gasteiger partial charge in [-0.15, -0.1) is 0 Å². The molecular weight excluding hydrogens is 252 g/mol. The van der Waals surface area contributed by atoms with Gasteiger partial charge in [0, 0.05) is 12.5 Å². The second kappa shape index (κ2) is 4.55. The van der Waals surface area contributed by atoms with Crippen molar-refractivity contribution in [3.63, 3.8) is 0 Å². The Labute approximate surface area is 106 Å². The van der Waals surface area contributed by atoms with E-state index in [0.717, 1.165) is 17.5 Å². The number of sulfone groups is 1. The van der Waals surface area contributed by atoms with Crippen molar-refractivity contribution >= 4 is 9.84 Å². The molecule has 1 N–H and O–H groups in total. The molecule has 0 spiro atoms. The average molecular weight is 266 g/mol. The third-order valence-corrected chi connectivity index (χ3v) is 3.69. The van der Waals surface area contributed by atoms with Gasteiger partial charge in [0.25, 0.3) is 0 Å². The van der Waals surface area contributed by atoms with E-state index in [4.69, 9.17) is 0 Å². The fourth-order valence-corrected chi connectivity index (χ4v) is 2.07. The van der Waals surface area contributed by atoms with Crippen molar-refractivity contribution in [1.29, 1.82) is 0 Å². The summed E-state index contributed by atoms with van der Waals surface area (Å²) >= 11 is 0. The number of hydrogen-bond acceptors (Lipinski definition) is 4. The summed E-state index contributed by atoms with van der Waals surface area (Å²) < 4.78 is 24.2. The fraction of sp³-hybridized carbons (Fsp3) is 0.250. The second-order valence-electron chi connectivity index (χ2n) is 4.16. The number of aliphatic hydroxyl groups excluding tert-OH is 1. The first-order valence-corrected chi connectivity index (χ1v) is 7.30. The van der Waals surface area contributed by atoms with Crippen LogP contribution < -0.4 is 0 Å². The van der Waals surface area contributed by atoms with Crippen LogP contribution in [0.2, 0.25) is 0 Å². The summed E-state index contributed by atoms with van der Waals surface area (Å²) in [4.78, 5) is 0.183. The van der Waals surface area contributed by atoms with Crippen LogP contribution in [0.3, 0.4) is 0 Å². The highest BCUT2D eigenvalue weighted by molar-refractivity contribution is 7.90. The number of hydrogen-bond donors (Lipinski definition) is 1. The Hall–Kier alpha value is -1.66. The first kappa shape index (κ1) is 12.8. The largest absolute Gasteiger partial charge is 0.389 e. The predicted octanol–water partition coefficient (Wildman–Crippen LogP) is 1.33. The molecule has 0 radical (unpaired) electrons. The highest BCUT2D eigenvalue weighted by Gasteiger charge is 2.10. The lowest BCUT2D eigenvalue weighted by Crippen LogP contribution is -1.97. The Morgan fingerprint density at radius 2 is 1.89 bits per heavy atom. The van der Waals surface area contributed by atoms with Gasteiger partial charge in [-0.1, -0.05) is 12.1 Å². The molecule has 0 aliphatic rings. The maximum absolute atomic E-state index is 11.3. The molecule has 96 valence electrons. The van der Waals surface area contributed by atoms with E-state index in [0.29, 0.717) is 0 Å². The van der Waals surface area contributed by atoms with E-state index in [2.05, 4.69) is 5.10 Å². The Morgan fingerprint density at radius 3 is 2.33 bits per heavy atom. The number of nitrogens with zero attached hydrogens (tertiary/aromatic N) is 2. The van der Waals surface area contributed by atoms with Crippen molar-refractivity contribution in [1.82, 2.24) is 9.78 Å². The van der Waals surface area contributed by atoms with Crippen LogP contribution in [0.5, 0.6) is 0 Å². The lowest BCUT2D eigenvalue weighted by atomic mass is 10.1. The number of benzene rings is 1. The monoisotopic (exact) mass is 266 g/mol. The van der Waals surface area contributed by atoms with Gasteiger partial charge in [0.05, 0.1) is 18.0 Å². The standard InChI is InChI=1S/C12H14N2O3S/c1-9(15)10-3-5-11(6-4-10)14-8-12(7-13-14)18(2,16)17/h3-9,15H,1-2H3/t9-/m1/s1. The molecule has 1 atom stereocenters. The van der Waals surface area contributed by atoms with Gasteiger partial charge in [0.2, 0.25) is 0 Å². The van der Waals surface area contributed by atoms with Crippen molar-refractivity contribution in [3.8, 4) is 5.69 Å². The molecule has 0 aliphatic heterocycles. The fourth-order valence-electron chi connectivity index (χ4n) is 1.54. The molecule has 1 heterocycles. The normalized spacial score (nSPS) is 13.5. The van der Waals surface area contributed by atoms with Crippen molar-refractivity contribution < 1.29 is 13.5 Å². The third kappa shape index (κ3) is 2.60. The van der Waals surface area contributed by atoms with Crippen molar-refractivity contribution in [2.75, 3.05) is 6.26 Å².